The molecule has 0 bridgehead atoms. The Morgan fingerprint density at radius 1 is 1.18 bits per heavy atom. The number of benzene rings is 1. The Kier molecular flexibility index (Phi) is 2.53. The molecule has 1 atom stereocenters. The predicted octanol–water partition coefficient (Wildman–Crippen LogP) is 2.54. The lowest BCUT2D eigenvalue weighted by Gasteiger charge is -2.13. The Bertz CT molecular complexity index is 577. The van der Waals surface area contributed by atoms with E-state index in [4.69, 9.17) is 10.5 Å². The number of nitrogens with zero attached hydrogens (tertiary/aromatic N) is 1. The SMILES string of the molecule is NC(C1=CCCO1)c1ccc2ccccc2n1. The summed E-state index contributed by atoms with van der Waals surface area (Å²) in [6, 6.07) is 11.8. The van der Waals surface area contributed by atoms with Crippen LogP contribution in [0.4, 0.5) is 0 Å². The first-order valence-electron chi connectivity index (χ1n) is 5.79. The maximum atomic E-state index is 6.14. The molecule has 0 aliphatic carbocycles. The smallest absolute Gasteiger partial charge is 0.115 e. The fourth-order valence-electron chi connectivity index (χ4n) is 2.05. The van der Waals surface area contributed by atoms with Crippen molar-refractivity contribution in [3.05, 3.63) is 53.9 Å². The van der Waals surface area contributed by atoms with Crippen molar-refractivity contribution >= 4 is 10.9 Å². The summed E-state index contributed by atoms with van der Waals surface area (Å²) < 4.78 is 5.48. The lowest BCUT2D eigenvalue weighted by Crippen LogP contribution is -2.15. The third kappa shape index (κ3) is 1.89. The second-order valence-electron chi connectivity index (χ2n) is 4.15. The first kappa shape index (κ1) is 10.3. The van der Waals surface area contributed by atoms with E-state index in [2.05, 4.69) is 4.98 Å². The quantitative estimate of drug-likeness (QED) is 0.856. The van der Waals surface area contributed by atoms with Crippen LogP contribution >= 0.6 is 0 Å². The van der Waals surface area contributed by atoms with Crippen LogP contribution in [0.25, 0.3) is 10.9 Å². The zero-order valence-corrected chi connectivity index (χ0v) is 9.47. The summed E-state index contributed by atoms with van der Waals surface area (Å²) in [7, 11) is 0. The molecule has 1 aromatic carbocycles. The van der Waals surface area contributed by atoms with Crippen molar-refractivity contribution in [3.8, 4) is 0 Å². The number of hydrogen-bond acceptors (Lipinski definition) is 3. The fourth-order valence-corrected chi connectivity index (χ4v) is 2.05. The Labute approximate surface area is 99.9 Å². The van der Waals surface area contributed by atoms with E-state index in [0.29, 0.717) is 0 Å². The highest BCUT2D eigenvalue weighted by atomic mass is 16.5. The Morgan fingerprint density at radius 2 is 2.06 bits per heavy atom. The first-order valence-corrected chi connectivity index (χ1v) is 5.79. The second kappa shape index (κ2) is 4.18. The molecular weight excluding hydrogens is 212 g/mol. The number of aromatic nitrogens is 1. The van der Waals surface area contributed by atoms with Gasteiger partial charge in [0.25, 0.3) is 0 Å². The number of ether oxygens (including phenoxy) is 1. The minimum atomic E-state index is -0.248. The van der Waals surface area contributed by atoms with E-state index in [1.807, 2.05) is 42.5 Å². The molecule has 1 aromatic heterocycles. The zero-order chi connectivity index (χ0) is 11.7. The molecule has 1 aliphatic rings. The van der Waals surface area contributed by atoms with Gasteiger partial charge in [-0.1, -0.05) is 24.3 Å². The topological polar surface area (TPSA) is 48.1 Å². The number of nitrogens with two attached hydrogens (primary N) is 1. The van der Waals surface area contributed by atoms with Crippen LogP contribution < -0.4 is 5.73 Å². The van der Waals surface area contributed by atoms with Crippen molar-refractivity contribution < 1.29 is 4.74 Å². The van der Waals surface area contributed by atoms with Crippen LogP contribution in [-0.2, 0) is 4.74 Å². The second-order valence-corrected chi connectivity index (χ2v) is 4.15. The van der Waals surface area contributed by atoms with Gasteiger partial charge < -0.3 is 10.5 Å². The van der Waals surface area contributed by atoms with Gasteiger partial charge in [0, 0.05) is 11.8 Å². The van der Waals surface area contributed by atoms with Gasteiger partial charge in [0.1, 0.15) is 11.8 Å². The molecule has 3 heteroatoms. The van der Waals surface area contributed by atoms with Crippen molar-refractivity contribution in [2.45, 2.75) is 12.5 Å². The average molecular weight is 226 g/mol. The number of fused-ring (bicyclic) bond motifs is 1. The molecule has 0 fully saturated rings. The highest BCUT2D eigenvalue weighted by molar-refractivity contribution is 5.78. The zero-order valence-electron chi connectivity index (χ0n) is 9.47. The van der Waals surface area contributed by atoms with Gasteiger partial charge in [-0.15, -0.1) is 0 Å². The summed E-state index contributed by atoms with van der Waals surface area (Å²) in [6.07, 6.45) is 2.98. The van der Waals surface area contributed by atoms with Gasteiger partial charge in [-0.05, 0) is 18.2 Å². The molecule has 17 heavy (non-hydrogen) atoms. The highest BCUT2D eigenvalue weighted by Gasteiger charge is 2.17. The Balaban J connectivity index is 2.00. The lowest BCUT2D eigenvalue weighted by atomic mass is 10.1. The fraction of sp³-hybridized carbons (Fsp3) is 0.214. The molecule has 3 rings (SSSR count). The minimum absolute atomic E-state index is 0.248. The van der Waals surface area contributed by atoms with Crippen molar-refractivity contribution in [2.24, 2.45) is 5.73 Å². The van der Waals surface area contributed by atoms with Gasteiger partial charge in [-0.3, -0.25) is 4.98 Å². The maximum Gasteiger partial charge on any atom is 0.115 e. The van der Waals surface area contributed by atoms with Gasteiger partial charge in [0.2, 0.25) is 0 Å². The van der Waals surface area contributed by atoms with Crippen LogP contribution in [0.1, 0.15) is 18.2 Å². The van der Waals surface area contributed by atoms with Crippen LogP contribution in [0.5, 0.6) is 0 Å². The lowest BCUT2D eigenvalue weighted by molar-refractivity contribution is 0.224. The molecule has 0 radical (unpaired) electrons. The van der Waals surface area contributed by atoms with E-state index >= 15 is 0 Å². The monoisotopic (exact) mass is 226 g/mol. The summed E-state index contributed by atoms with van der Waals surface area (Å²) in [4.78, 5) is 4.57. The van der Waals surface area contributed by atoms with Crippen LogP contribution in [0.2, 0.25) is 0 Å². The van der Waals surface area contributed by atoms with Gasteiger partial charge in [-0.25, -0.2) is 0 Å². The van der Waals surface area contributed by atoms with Crippen molar-refractivity contribution in [3.63, 3.8) is 0 Å². The molecule has 3 nitrogen and oxygen atoms in total. The summed E-state index contributed by atoms with van der Waals surface area (Å²) in [6.45, 7) is 0.733. The van der Waals surface area contributed by atoms with Crippen LogP contribution in [-0.4, -0.2) is 11.6 Å². The van der Waals surface area contributed by atoms with Crippen molar-refractivity contribution in [2.75, 3.05) is 6.61 Å². The van der Waals surface area contributed by atoms with Crippen molar-refractivity contribution in [1.82, 2.24) is 4.98 Å². The number of para-hydroxylation sites is 1. The number of pyridine rings is 1. The third-order valence-electron chi connectivity index (χ3n) is 2.98. The van der Waals surface area contributed by atoms with Gasteiger partial charge in [0.05, 0.1) is 17.8 Å². The Morgan fingerprint density at radius 3 is 2.88 bits per heavy atom. The van der Waals surface area contributed by atoms with E-state index in [-0.39, 0.29) is 6.04 Å². The van der Waals surface area contributed by atoms with Gasteiger partial charge in [0.15, 0.2) is 0 Å². The molecule has 0 spiro atoms. The minimum Gasteiger partial charge on any atom is -0.496 e. The van der Waals surface area contributed by atoms with E-state index in [0.717, 1.165) is 35.4 Å². The van der Waals surface area contributed by atoms with E-state index < -0.39 is 0 Å². The summed E-state index contributed by atoms with van der Waals surface area (Å²) in [5, 5.41) is 1.13. The molecule has 1 aliphatic heterocycles. The molecule has 86 valence electrons. The van der Waals surface area contributed by atoms with Crippen LogP contribution in [0.15, 0.2) is 48.2 Å². The molecule has 2 heterocycles. The van der Waals surface area contributed by atoms with Crippen molar-refractivity contribution in [1.29, 1.82) is 0 Å². The standard InChI is InChI=1S/C14H14N2O/c15-14(13-6-3-9-17-13)12-8-7-10-4-1-2-5-11(10)16-12/h1-2,4-8,14H,3,9,15H2. The Hall–Kier alpha value is -1.87. The first-order chi connectivity index (χ1) is 8.34. The molecule has 0 amide bonds. The summed E-state index contributed by atoms with van der Waals surface area (Å²) >= 11 is 0. The number of hydrogen-bond donors (Lipinski definition) is 1. The highest BCUT2D eigenvalue weighted by Crippen LogP contribution is 2.24. The van der Waals surface area contributed by atoms with Crippen LogP contribution in [0.3, 0.4) is 0 Å². The predicted molar refractivity (Wildman–Crippen MR) is 67.3 cm³/mol. The molecule has 0 saturated heterocycles. The molecule has 2 N–H and O–H groups in total. The summed E-state index contributed by atoms with van der Waals surface area (Å²) in [5.74, 6) is 0.841. The normalized spacial score (nSPS) is 16.6. The number of rotatable bonds is 2. The van der Waals surface area contributed by atoms with Gasteiger partial charge >= 0.3 is 0 Å². The molecule has 2 aromatic rings. The largest absolute Gasteiger partial charge is 0.496 e. The third-order valence-corrected chi connectivity index (χ3v) is 2.98. The maximum absolute atomic E-state index is 6.14. The van der Waals surface area contributed by atoms with Crippen LogP contribution in [0, 0.1) is 0 Å². The van der Waals surface area contributed by atoms with E-state index in [1.165, 1.54) is 0 Å². The molecule has 0 saturated carbocycles. The molecular formula is C14H14N2O. The molecule has 1 unspecified atom stereocenters. The van der Waals surface area contributed by atoms with Gasteiger partial charge in [-0.2, -0.15) is 0 Å². The van der Waals surface area contributed by atoms with E-state index in [1.54, 1.807) is 0 Å². The summed E-state index contributed by atoms with van der Waals surface area (Å²) in [5.41, 5.74) is 7.97. The average Bonchev–Trinajstić information content (AvgIpc) is 2.91. The van der Waals surface area contributed by atoms with E-state index in [9.17, 15) is 0 Å².